The quantitative estimate of drug-likeness (QED) is 0.303. The average Bonchev–Trinajstić information content (AvgIpc) is 3.43. The fraction of sp³-hybridized carbons (Fsp3) is 0.182. The molecule has 2 aromatic heterocycles. The van der Waals surface area contributed by atoms with E-state index < -0.39 is 0 Å². The van der Waals surface area contributed by atoms with Crippen LogP contribution in [0.5, 0.6) is 5.75 Å². The van der Waals surface area contributed by atoms with Crippen molar-refractivity contribution in [1.29, 1.82) is 0 Å². The van der Waals surface area contributed by atoms with Crippen LogP contribution < -0.4 is 15.4 Å². The number of benzene rings is 2. The zero-order valence-corrected chi connectivity index (χ0v) is 19.9. The minimum absolute atomic E-state index is 0.0696. The topological polar surface area (TPSA) is 89.0 Å². The van der Waals surface area contributed by atoms with E-state index in [9.17, 15) is 4.79 Å². The van der Waals surface area contributed by atoms with Crippen molar-refractivity contribution in [3.63, 3.8) is 0 Å². The van der Waals surface area contributed by atoms with Gasteiger partial charge in [0.05, 0.1) is 19.2 Å². The zero-order valence-electron chi connectivity index (χ0n) is 17.5. The molecule has 2 heterocycles. The van der Waals surface area contributed by atoms with Crippen molar-refractivity contribution in [2.75, 3.05) is 17.7 Å². The maximum Gasteiger partial charge on any atom is 0.231 e. The highest BCUT2D eigenvalue weighted by atomic mass is 32.2. The van der Waals surface area contributed by atoms with Gasteiger partial charge >= 0.3 is 0 Å². The third kappa shape index (κ3) is 6.28. The third-order valence-electron chi connectivity index (χ3n) is 4.32. The molecule has 0 fully saturated rings. The summed E-state index contributed by atoms with van der Waals surface area (Å²) in [6.45, 7) is 2.01. The van der Waals surface area contributed by atoms with Crippen LogP contribution >= 0.6 is 34.4 Å². The van der Waals surface area contributed by atoms with Gasteiger partial charge in [0.15, 0.2) is 4.34 Å². The number of nitrogens with one attached hydrogen (secondary N) is 2. The summed E-state index contributed by atoms with van der Waals surface area (Å²) in [5.41, 5.74) is 3.77. The highest BCUT2D eigenvalue weighted by Crippen LogP contribution is 2.31. The molecule has 0 unspecified atom stereocenters. The lowest BCUT2D eigenvalue weighted by atomic mass is 10.2. The van der Waals surface area contributed by atoms with Gasteiger partial charge in [0.2, 0.25) is 11.0 Å². The Morgan fingerprint density at radius 3 is 2.78 bits per heavy atom. The maximum absolute atomic E-state index is 12.3. The molecule has 0 spiro atoms. The monoisotopic (exact) mass is 483 g/mol. The van der Waals surface area contributed by atoms with Gasteiger partial charge in [-0.1, -0.05) is 46.9 Å². The van der Waals surface area contributed by atoms with Crippen LogP contribution in [-0.4, -0.2) is 28.2 Å². The van der Waals surface area contributed by atoms with E-state index in [0.29, 0.717) is 10.9 Å². The first-order valence-electron chi connectivity index (χ1n) is 9.74. The van der Waals surface area contributed by atoms with Gasteiger partial charge in [-0.2, -0.15) is 0 Å². The summed E-state index contributed by atoms with van der Waals surface area (Å²) in [7, 11) is 1.64. The molecule has 32 heavy (non-hydrogen) atoms. The second-order valence-corrected chi connectivity index (χ2v) is 9.98. The number of anilines is 3. The van der Waals surface area contributed by atoms with Crippen molar-refractivity contribution in [3.8, 4) is 5.75 Å². The van der Waals surface area contributed by atoms with Crippen LogP contribution in [0.1, 0.15) is 16.3 Å². The van der Waals surface area contributed by atoms with Gasteiger partial charge in [0.1, 0.15) is 10.8 Å². The summed E-state index contributed by atoms with van der Waals surface area (Å²) in [6, 6.07) is 15.4. The Morgan fingerprint density at radius 1 is 1.12 bits per heavy atom. The molecule has 0 aliphatic rings. The lowest BCUT2D eigenvalue weighted by molar-refractivity contribution is -0.115. The minimum atomic E-state index is -0.0696. The first-order chi connectivity index (χ1) is 15.6. The Kier molecular flexibility index (Phi) is 7.35. The third-order valence-corrected chi connectivity index (χ3v) is 7.22. The molecule has 2 N–H and O–H groups in total. The van der Waals surface area contributed by atoms with E-state index >= 15 is 0 Å². The number of amides is 1. The molecule has 4 rings (SSSR count). The molecule has 1 amide bonds. The summed E-state index contributed by atoms with van der Waals surface area (Å²) in [4.78, 5) is 16.8. The number of thioether (sulfide) groups is 1. The number of methoxy groups -OCH3 is 1. The van der Waals surface area contributed by atoms with Crippen molar-refractivity contribution < 1.29 is 9.53 Å². The molecule has 0 atom stereocenters. The number of carbonyl (C=O) groups excluding carboxylic acids is 1. The molecular formula is C22H21N5O2S3. The second kappa shape index (κ2) is 10.6. The van der Waals surface area contributed by atoms with Crippen LogP contribution in [0.2, 0.25) is 0 Å². The van der Waals surface area contributed by atoms with Crippen LogP contribution in [0.15, 0.2) is 58.3 Å². The van der Waals surface area contributed by atoms with Crippen LogP contribution in [-0.2, 0) is 17.0 Å². The van der Waals surface area contributed by atoms with E-state index in [-0.39, 0.29) is 12.3 Å². The number of carbonyl (C=O) groups is 1. The lowest BCUT2D eigenvalue weighted by Crippen LogP contribution is -2.14. The Hall–Kier alpha value is -2.95. The fourth-order valence-electron chi connectivity index (χ4n) is 2.75. The molecule has 0 radical (unpaired) electrons. The zero-order chi connectivity index (χ0) is 22.3. The van der Waals surface area contributed by atoms with Crippen molar-refractivity contribution in [1.82, 2.24) is 15.2 Å². The van der Waals surface area contributed by atoms with E-state index in [1.807, 2.05) is 60.8 Å². The molecule has 7 nitrogen and oxygen atoms in total. The van der Waals surface area contributed by atoms with Crippen molar-refractivity contribution in [2.24, 2.45) is 0 Å². The van der Waals surface area contributed by atoms with Crippen molar-refractivity contribution in [2.45, 2.75) is 23.4 Å². The van der Waals surface area contributed by atoms with E-state index in [1.54, 1.807) is 18.9 Å². The number of nitrogens with zero attached hydrogens (tertiary/aromatic N) is 3. The van der Waals surface area contributed by atoms with Gasteiger partial charge in [0, 0.05) is 28.6 Å². The Labute approximate surface area is 198 Å². The number of thiazole rings is 1. The van der Waals surface area contributed by atoms with E-state index in [2.05, 4.69) is 25.8 Å². The lowest BCUT2D eigenvalue weighted by Gasteiger charge is -2.04. The van der Waals surface area contributed by atoms with E-state index in [4.69, 9.17) is 4.74 Å². The van der Waals surface area contributed by atoms with Crippen molar-refractivity contribution >= 4 is 56.8 Å². The highest BCUT2D eigenvalue weighted by molar-refractivity contribution is 8.00. The number of aromatic nitrogens is 3. The van der Waals surface area contributed by atoms with Gasteiger partial charge in [0.25, 0.3) is 0 Å². The summed E-state index contributed by atoms with van der Waals surface area (Å²) < 4.78 is 6.09. The number of hydrogen-bond donors (Lipinski definition) is 2. The number of rotatable bonds is 9. The summed E-state index contributed by atoms with van der Waals surface area (Å²) in [5, 5.41) is 18.1. The first kappa shape index (κ1) is 22.3. The first-order valence-corrected chi connectivity index (χ1v) is 12.4. The number of hydrogen-bond acceptors (Lipinski definition) is 9. The Bertz CT molecular complexity index is 1190. The molecule has 164 valence electrons. The standard InChI is InChI=1S/C22H21N5O2S3/c1-14-6-8-15(9-7-14)23-19(28)11-20-24-17(12-30-20)13-31-22-27-26-21(32-22)25-16-4-3-5-18(10-16)29-2/h3-10,12H,11,13H2,1-2H3,(H,23,28)(H,25,26). The second-order valence-electron chi connectivity index (χ2n) is 6.84. The maximum atomic E-state index is 12.3. The molecule has 0 saturated heterocycles. The van der Waals surface area contributed by atoms with Crippen LogP contribution in [0.4, 0.5) is 16.5 Å². The molecule has 10 heteroatoms. The molecule has 4 aromatic rings. The van der Waals surface area contributed by atoms with Gasteiger partial charge in [-0.05, 0) is 31.2 Å². The summed E-state index contributed by atoms with van der Waals surface area (Å²) in [5.74, 6) is 1.38. The van der Waals surface area contributed by atoms with Gasteiger partial charge in [-0.25, -0.2) is 4.98 Å². The minimum Gasteiger partial charge on any atom is -0.497 e. The van der Waals surface area contributed by atoms with Crippen LogP contribution in [0.3, 0.4) is 0 Å². The predicted octanol–water partition coefficient (Wildman–Crippen LogP) is 5.53. The van der Waals surface area contributed by atoms with E-state index in [1.165, 1.54) is 22.7 Å². The molecule has 0 bridgehead atoms. The largest absolute Gasteiger partial charge is 0.497 e. The normalized spacial score (nSPS) is 10.7. The van der Waals surface area contributed by atoms with E-state index in [0.717, 1.165) is 37.7 Å². The molecular weight excluding hydrogens is 462 g/mol. The smallest absolute Gasteiger partial charge is 0.231 e. The van der Waals surface area contributed by atoms with Gasteiger partial charge in [-0.15, -0.1) is 21.5 Å². The molecule has 2 aromatic carbocycles. The van der Waals surface area contributed by atoms with Gasteiger partial charge in [-0.3, -0.25) is 4.79 Å². The summed E-state index contributed by atoms with van der Waals surface area (Å²) in [6.07, 6.45) is 0.261. The Balaban J connectivity index is 1.27. The molecule has 0 aliphatic heterocycles. The van der Waals surface area contributed by atoms with Crippen LogP contribution in [0, 0.1) is 6.92 Å². The average molecular weight is 484 g/mol. The predicted molar refractivity (Wildman–Crippen MR) is 131 cm³/mol. The van der Waals surface area contributed by atoms with Crippen LogP contribution in [0.25, 0.3) is 0 Å². The number of ether oxygens (including phenoxy) is 1. The summed E-state index contributed by atoms with van der Waals surface area (Å²) >= 11 is 4.55. The highest BCUT2D eigenvalue weighted by Gasteiger charge is 2.11. The fourth-order valence-corrected chi connectivity index (χ4v) is 5.32. The van der Waals surface area contributed by atoms with Gasteiger partial charge < -0.3 is 15.4 Å². The molecule has 0 saturated carbocycles. The molecule has 0 aliphatic carbocycles. The Morgan fingerprint density at radius 2 is 1.97 bits per heavy atom. The van der Waals surface area contributed by atoms with Crippen molar-refractivity contribution in [3.05, 3.63) is 70.2 Å². The number of aryl methyl sites for hydroxylation is 1. The SMILES string of the molecule is COc1cccc(Nc2nnc(SCc3csc(CC(=O)Nc4ccc(C)cc4)n3)s2)c1.